The van der Waals surface area contributed by atoms with Crippen LogP contribution in [0.1, 0.15) is 17.7 Å². The van der Waals surface area contributed by atoms with E-state index in [1.54, 1.807) is 22.6 Å². The number of sulfonamides is 1. The number of rotatable bonds is 2. The second-order valence-electron chi connectivity index (χ2n) is 2.78. The van der Waals surface area contributed by atoms with Crippen LogP contribution < -0.4 is 5.14 Å². The Kier molecular flexibility index (Phi) is 3.61. The summed E-state index contributed by atoms with van der Waals surface area (Å²) in [4.78, 5) is 3.13. The first kappa shape index (κ1) is 12.7. The number of primary sulfonamides is 1. The molecule has 0 saturated heterocycles. The first-order chi connectivity index (χ1) is 6.75. The number of nitrogens with two attached hydrogens (primary N) is 1. The lowest BCUT2D eigenvalue weighted by molar-refractivity contribution is 0.146. The van der Waals surface area contributed by atoms with E-state index in [9.17, 15) is 17.2 Å². The number of hydrogen-bond donors (Lipinski definition) is 1. The zero-order chi connectivity index (χ0) is 11.8. The fraction of sp³-hybridized carbons (Fsp3) is 0.286. The molecular weight excluding hydrogens is 341 g/mol. The molecule has 84 valence electrons. The third-order valence-electron chi connectivity index (χ3n) is 1.73. The van der Waals surface area contributed by atoms with Crippen LogP contribution in [0.3, 0.4) is 0 Å². The number of hydrogen-bond acceptors (Lipinski definition) is 3. The summed E-state index contributed by atoms with van der Waals surface area (Å²) in [6.45, 7) is 1.31. The Morgan fingerprint density at radius 2 is 2.07 bits per heavy atom. The van der Waals surface area contributed by atoms with Crippen molar-refractivity contribution in [1.29, 1.82) is 0 Å². The Balaban J connectivity index is 3.68. The summed E-state index contributed by atoms with van der Waals surface area (Å²) in [5.74, 6) is 0. The average Bonchev–Trinajstić information content (AvgIpc) is 2.05. The van der Waals surface area contributed by atoms with Crippen LogP contribution in [0, 0.1) is 10.5 Å². The van der Waals surface area contributed by atoms with Gasteiger partial charge in [0.1, 0.15) is 4.90 Å². The molecule has 0 aromatic carbocycles. The standard InChI is InChI=1S/C7H7F2IN2O2S/c1-3-5(7(8)9)6(15(11,13)14)4(10)2-12-3/h2,7H,1H3,(H2,11,13,14). The summed E-state index contributed by atoms with van der Waals surface area (Å²) in [6, 6.07) is 0. The molecule has 0 radical (unpaired) electrons. The van der Waals surface area contributed by atoms with Crippen LogP contribution in [-0.4, -0.2) is 13.4 Å². The van der Waals surface area contributed by atoms with Crippen molar-refractivity contribution in [2.24, 2.45) is 5.14 Å². The largest absolute Gasteiger partial charge is 0.266 e. The third kappa shape index (κ3) is 2.61. The molecule has 0 atom stereocenters. The maximum absolute atomic E-state index is 12.6. The van der Waals surface area contributed by atoms with Gasteiger partial charge in [-0.2, -0.15) is 0 Å². The lowest BCUT2D eigenvalue weighted by Gasteiger charge is -2.10. The van der Waals surface area contributed by atoms with Gasteiger partial charge in [0.05, 0.1) is 9.13 Å². The van der Waals surface area contributed by atoms with Crippen LogP contribution in [-0.2, 0) is 10.0 Å². The van der Waals surface area contributed by atoms with Crippen molar-refractivity contribution in [3.05, 3.63) is 21.0 Å². The smallest absolute Gasteiger partial charge is 0.260 e. The fourth-order valence-electron chi connectivity index (χ4n) is 1.12. The van der Waals surface area contributed by atoms with Crippen molar-refractivity contribution in [3.8, 4) is 0 Å². The molecule has 0 saturated carbocycles. The van der Waals surface area contributed by atoms with Gasteiger partial charge in [-0.3, -0.25) is 4.98 Å². The second-order valence-corrected chi connectivity index (χ2v) is 5.44. The number of halogens is 3. The van der Waals surface area contributed by atoms with E-state index in [1.807, 2.05) is 0 Å². The zero-order valence-corrected chi connectivity index (χ0v) is 10.5. The first-order valence-corrected chi connectivity index (χ1v) is 6.33. The molecule has 0 aliphatic carbocycles. The summed E-state index contributed by atoms with van der Waals surface area (Å²) in [5, 5.41) is 4.87. The van der Waals surface area contributed by atoms with Gasteiger partial charge in [-0.1, -0.05) is 0 Å². The number of aromatic nitrogens is 1. The predicted molar refractivity (Wildman–Crippen MR) is 58.0 cm³/mol. The summed E-state index contributed by atoms with van der Waals surface area (Å²) in [6.07, 6.45) is -1.72. The van der Waals surface area contributed by atoms with Gasteiger partial charge in [0.2, 0.25) is 10.0 Å². The number of nitrogens with zero attached hydrogens (tertiary/aromatic N) is 1. The lowest BCUT2D eigenvalue weighted by Crippen LogP contribution is -2.18. The van der Waals surface area contributed by atoms with Crippen LogP contribution in [0.5, 0.6) is 0 Å². The highest BCUT2D eigenvalue weighted by Gasteiger charge is 2.26. The topological polar surface area (TPSA) is 73.0 Å². The van der Waals surface area contributed by atoms with Gasteiger partial charge in [0, 0.05) is 11.9 Å². The van der Waals surface area contributed by atoms with Crippen LogP contribution in [0.25, 0.3) is 0 Å². The summed E-state index contributed by atoms with van der Waals surface area (Å²) >= 11 is 1.61. The van der Waals surface area contributed by atoms with Crippen molar-refractivity contribution in [2.75, 3.05) is 0 Å². The number of alkyl halides is 2. The van der Waals surface area contributed by atoms with E-state index in [0.29, 0.717) is 0 Å². The monoisotopic (exact) mass is 348 g/mol. The third-order valence-corrected chi connectivity index (χ3v) is 3.92. The Labute approximate surface area is 99.1 Å². The Morgan fingerprint density at radius 1 is 1.53 bits per heavy atom. The van der Waals surface area contributed by atoms with E-state index in [0.717, 1.165) is 0 Å². The molecular formula is C7H7F2IN2O2S. The molecule has 8 heteroatoms. The molecule has 0 aliphatic heterocycles. The molecule has 2 N–H and O–H groups in total. The fourth-order valence-corrected chi connectivity index (χ4v) is 3.34. The van der Waals surface area contributed by atoms with Crippen molar-refractivity contribution >= 4 is 32.6 Å². The second kappa shape index (κ2) is 4.26. The van der Waals surface area contributed by atoms with E-state index in [4.69, 9.17) is 5.14 Å². The molecule has 1 rings (SSSR count). The average molecular weight is 348 g/mol. The molecule has 1 heterocycles. The predicted octanol–water partition coefficient (Wildman–Crippen LogP) is 1.58. The maximum Gasteiger partial charge on any atom is 0.266 e. The van der Waals surface area contributed by atoms with E-state index in [-0.39, 0.29) is 9.26 Å². The van der Waals surface area contributed by atoms with Crippen LogP contribution in [0.4, 0.5) is 8.78 Å². The van der Waals surface area contributed by atoms with Gasteiger partial charge in [-0.15, -0.1) is 0 Å². The van der Waals surface area contributed by atoms with Crippen molar-refractivity contribution in [3.63, 3.8) is 0 Å². The number of pyridine rings is 1. The molecule has 0 amide bonds. The van der Waals surface area contributed by atoms with E-state index >= 15 is 0 Å². The Hall–Kier alpha value is -0.350. The minimum absolute atomic E-state index is 0.0329. The summed E-state index contributed by atoms with van der Waals surface area (Å²) < 4.78 is 47.7. The molecule has 15 heavy (non-hydrogen) atoms. The summed E-state index contributed by atoms with van der Waals surface area (Å²) in [5.41, 5.74) is -0.654. The van der Waals surface area contributed by atoms with Crippen LogP contribution in [0.15, 0.2) is 11.1 Å². The first-order valence-electron chi connectivity index (χ1n) is 3.71. The Morgan fingerprint density at radius 3 is 2.40 bits per heavy atom. The normalized spacial score (nSPS) is 12.1. The quantitative estimate of drug-likeness (QED) is 0.825. The van der Waals surface area contributed by atoms with Gasteiger partial charge in [-0.05, 0) is 29.5 Å². The molecule has 1 aromatic rings. The minimum Gasteiger partial charge on any atom is -0.260 e. The van der Waals surface area contributed by atoms with Crippen LogP contribution in [0.2, 0.25) is 0 Å². The molecule has 0 unspecified atom stereocenters. The van der Waals surface area contributed by atoms with E-state index in [1.165, 1.54) is 13.1 Å². The zero-order valence-electron chi connectivity index (χ0n) is 7.54. The van der Waals surface area contributed by atoms with E-state index in [2.05, 4.69) is 4.98 Å². The van der Waals surface area contributed by atoms with Crippen molar-refractivity contribution in [1.82, 2.24) is 4.98 Å². The van der Waals surface area contributed by atoms with Gasteiger partial charge >= 0.3 is 0 Å². The summed E-state index contributed by atoms with van der Waals surface area (Å²) in [7, 11) is -4.16. The van der Waals surface area contributed by atoms with Gasteiger partial charge < -0.3 is 0 Å². The highest BCUT2D eigenvalue weighted by atomic mass is 127. The molecule has 0 fully saturated rings. The molecule has 4 nitrogen and oxygen atoms in total. The van der Waals surface area contributed by atoms with Crippen LogP contribution >= 0.6 is 22.6 Å². The molecule has 0 bridgehead atoms. The minimum atomic E-state index is -4.16. The highest BCUT2D eigenvalue weighted by Crippen LogP contribution is 2.30. The van der Waals surface area contributed by atoms with Crippen molar-refractivity contribution < 1.29 is 17.2 Å². The molecule has 0 spiro atoms. The highest BCUT2D eigenvalue weighted by molar-refractivity contribution is 14.1. The van der Waals surface area contributed by atoms with Gasteiger partial charge in [0.25, 0.3) is 6.43 Å². The number of aryl methyl sites for hydroxylation is 1. The Bertz CT molecular complexity index is 490. The lowest BCUT2D eigenvalue weighted by atomic mass is 10.2. The SMILES string of the molecule is Cc1ncc(I)c(S(N)(=O)=O)c1C(F)F. The molecule has 0 aliphatic rings. The van der Waals surface area contributed by atoms with Crippen molar-refractivity contribution in [2.45, 2.75) is 18.2 Å². The van der Waals surface area contributed by atoms with E-state index < -0.39 is 26.9 Å². The molecule has 1 aromatic heterocycles. The van der Waals surface area contributed by atoms with Gasteiger partial charge in [0.15, 0.2) is 0 Å². The maximum atomic E-state index is 12.6. The van der Waals surface area contributed by atoms with Gasteiger partial charge in [-0.25, -0.2) is 22.3 Å².